The SMILES string of the molecule is NS(=O)(=O)c1cc(C(=O)N(Cc2cccc(Br)c2)C2CC2)co1. The van der Waals surface area contributed by atoms with E-state index < -0.39 is 15.1 Å². The van der Waals surface area contributed by atoms with Crippen LogP contribution in [0.5, 0.6) is 0 Å². The summed E-state index contributed by atoms with van der Waals surface area (Å²) >= 11 is 3.41. The quantitative estimate of drug-likeness (QED) is 0.836. The third kappa shape index (κ3) is 3.82. The van der Waals surface area contributed by atoms with E-state index in [9.17, 15) is 13.2 Å². The van der Waals surface area contributed by atoms with Gasteiger partial charge in [0.15, 0.2) is 0 Å². The van der Waals surface area contributed by atoms with Crippen molar-refractivity contribution in [2.75, 3.05) is 0 Å². The number of nitrogens with zero attached hydrogens (tertiary/aromatic N) is 1. The number of sulfonamides is 1. The Balaban J connectivity index is 1.83. The largest absolute Gasteiger partial charge is 0.451 e. The average molecular weight is 399 g/mol. The maximum Gasteiger partial charge on any atom is 0.271 e. The molecule has 23 heavy (non-hydrogen) atoms. The molecule has 2 N–H and O–H groups in total. The summed E-state index contributed by atoms with van der Waals surface area (Å²) in [5.74, 6) is -0.258. The second-order valence-electron chi connectivity index (χ2n) is 5.49. The van der Waals surface area contributed by atoms with Crippen LogP contribution in [0.25, 0.3) is 0 Å². The molecular weight excluding hydrogens is 384 g/mol. The van der Waals surface area contributed by atoms with Gasteiger partial charge in [-0.3, -0.25) is 4.79 Å². The average Bonchev–Trinajstić information content (AvgIpc) is 3.18. The van der Waals surface area contributed by atoms with Crippen LogP contribution in [0.4, 0.5) is 0 Å². The zero-order valence-corrected chi connectivity index (χ0v) is 14.5. The van der Waals surface area contributed by atoms with Crippen LogP contribution in [0, 0.1) is 0 Å². The number of carbonyl (C=O) groups excluding carboxylic acids is 1. The van der Waals surface area contributed by atoms with Gasteiger partial charge in [-0.05, 0) is 30.5 Å². The maximum absolute atomic E-state index is 12.7. The van der Waals surface area contributed by atoms with E-state index in [4.69, 9.17) is 9.56 Å². The van der Waals surface area contributed by atoms with Gasteiger partial charge in [-0.2, -0.15) is 0 Å². The molecule has 1 aliphatic carbocycles. The van der Waals surface area contributed by atoms with Crippen molar-refractivity contribution in [3.8, 4) is 0 Å². The number of halogens is 1. The number of furan rings is 1. The van der Waals surface area contributed by atoms with Crippen molar-refractivity contribution >= 4 is 31.9 Å². The Bertz CT molecular complexity index is 843. The number of hydrogen-bond acceptors (Lipinski definition) is 4. The highest BCUT2D eigenvalue weighted by Crippen LogP contribution is 2.30. The highest BCUT2D eigenvalue weighted by atomic mass is 79.9. The smallest absolute Gasteiger partial charge is 0.271 e. The van der Waals surface area contributed by atoms with E-state index in [2.05, 4.69) is 15.9 Å². The van der Waals surface area contributed by atoms with Crippen LogP contribution in [-0.4, -0.2) is 25.3 Å². The zero-order chi connectivity index (χ0) is 16.6. The molecule has 8 heteroatoms. The molecule has 1 heterocycles. The molecule has 0 bridgehead atoms. The van der Waals surface area contributed by atoms with Gasteiger partial charge in [-0.1, -0.05) is 28.1 Å². The molecular formula is C15H15BrN2O4S. The van der Waals surface area contributed by atoms with Crippen LogP contribution in [-0.2, 0) is 16.6 Å². The van der Waals surface area contributed by atoms with Crippen molar-refractivity contribution in [3.63, 3.8) is 0 Å². The fourth-order valence-corrected chi connectivity index (χ4v) is 3.25. The third-order valence-corrected chi connectivity index (χ3v) is 4.86. The lowest BCUT2D eigenvalue weighted by Crippen LogP contribution is -2.32. The molecule has 0 spiro atoms. The van der Waals surface area contributed by atoms with Gasteiger partial charge in [0.05, 0.1) is 5.56 Å². The third-order valence-electron chi connectivity index (χ3n) is 3.59. The molecule has 2 aromatic rings. The Morgan fingerprint density at radius 3 is 2.65 bits per heavy atom. The van der Waals surface area contributed by atoms with E-state index in [1.165, 1.54) is 6.07 Å². The lowest BCUT2D eigenvalue weighted by Gasteiger charge is -2.22. The minimum absolute atomic E-state index is 0.175. The predicted molar refractivity (Wildman–Crippen MR) is 87.1 cm³/mol. The van der Waals surface area contributed by atoms with Crippen molar-refractivity contribution in [1.29, 1.82) is 0 Å². The normalized spacial score (nSPS) is 14.7. The number of carbonyl (C=O) groups is 1. The van der Waals surface area contributed by atoms with Gasteiger partial charge in [-0.25, -0.2) is 13.6 Å². The number of rotatable bonds is 5. The Kier molecular flexibility index (Phi) is 4.31. The summed E-state index contributed by atoms with van der Waals surface area (Å²) in [5, 5.41) is 4.60. The molecule has 0 saturated heterocycles. The Labute approximate surface area is 142 Å². The summed E-state index contributed by atoms with van der Waals surface area (Å²) in [7, 11) is -3.95. The molecule has 0 unspecified atom stereocenters. The molecule has 6 nitrogen and oxygen atoms in total. The van der Waals surface area contributed by atoms with Crippen molar-refractivity contribution in [2.45, 2.75) is 30.5 Å². The van der Waals surface area contributed by atoms with Gasteiger partial charge in [-0.15, -0.1) is 0 Å². The highest BCUT2D eigenvalue weighted by molar-refractivity contribution is 9.10. The molecule has 1 fully saturated rings. The molecule has 1 aliphatic rings. The van der Waals surface area contributed by atoms with Crippen LogP contribution < -0.4 is 5.14 Å². The Hall–Kier alpha value is -1.64. The van der Waals surface area contributed by atoms with E-state index >= 15 is 0 Å². The summed E-state index contributed by atoms with van der Waals surface area (Å²) in [6.07, 6.45) is 3.03. The van der Waals surface area contributed by atoms with Gasteiger partial charge in [0.25, 0.3) is 15.9 Å². The standard InChI is InChI=1S/C15H15BrN2O4S/c16-12-3-1-2-10(6-12)8-18(13-4-5-13)15(19)11-7-14(22-9-11)23(17,20)21/h1-3,6-7,9,13H,4-5,8H2,(H2,17,20,21). The summed E-state index contributed by atoms with van der Waals surface area (Å²) in [6, 6.07) is 9.07. The Morgan fingerprint density at radius 1 is 1.35 bits per heavy atom. The number of hydrogen-bond donors (Lipinski definition) is 1. The molecule has 0 aliphatic heterocycles. The topological polar surface area (TPSA) is 93.6 Å². The molecule has 1 aromatic carbocycles. The number of benzene rings is 1. The first kappa shape index (κ1) is 16.2. The number of primary sulfonamides is 1. The van der Waals surface area contributed by atoms with Crippen molar-refractivity contribution in [2.24, 2.45) is 5.14 Å². The molecule has 0 radical (unpaired) electrons. The Morgan fingerprint density at radius 2 is 2.09 bits per heavy atom. The predicted octanol–water partition coefficient (Wildman–Crippen LogP) is 2.49. The van der Waals surface area contributed by atoms with E-state index in [1.807, 2.05) is 24.3 Å². The first-order valence-corrected chi connectivity index (χ1v) is 9.35. The molecule has 0 atom stereocenters. The molecule has 122 valence electrons. The van der Waals surface area contributed by atoms with E-state index in [0.29, 0.717) is 6.54 Å². The summed E-state index contributed by atoms with van der Waals surface area (Å²) in [4.78, 5) is 14.4. The molecule has 1 saturated carbocycles. The fourth-order valence-electron chi connectivity index (χ4n) is 2.33. The number of nitrogens with two attached hydrogens (primary N) is 1. The van der Waals surface area contributed by atoms with E-state index in [0.717, 1.165) is 29.1 Å². The first-order chi connectivity index (χ1) is 10.8. The minimum atomic E-state index is -3.95. The van der Waals surface area contributed by atoms with Gasteiger partial charge in [0.1, 0.15) is 6.26 Å². The lowest BCUT2D eigenvalue weighted by atomic mass is 10.2. The van der Waals surface area contributed by atoms with Crippen molar-refractivity contribution in [3.05, 3.63) is 52.2 Å². The first-order valence-electron chi connectivity index (χ1n) is 7.01. The summed E-state index contributed by atoms with van der Waals surface area (Å²) < 4.78 is 28.4. The molecule has 3 rings (SSSR count). The minimum Gasteiger partial charge on any atom is -0.451 e. The van der Waals surface area contributed by atoms with E-state index in [-0.39, 0.29) is 17.5 Å². The number of amides is 1. The second-order valence-corrected chi connectivity index (χ2v) is 7.90. The van der Waals surface area contributed by atoms with Crippen LogP contribution >= 0.6 is 15.9 Å². The lowest BCUT2D eigenvalue weighted by molar-refractivity contribution is 0.0729. The summed E-state index contributed by atoms with van der Waals surface area (Å²) in [5.41, 5.74) is 1.19. The highest BCUT2D eigenvalue weighted by Gasteiger charge is 2.34. The van der Waals surface area contributed by atoms with Crippen LogP contribution in [0.3, 0.4) is 0 Å². The molecule has 1 aromatic heterocycles. The van der Waals surface area contributed by atoms with Gasteiger partial charge in [0.2, 0.25) is 5.09 Å². The maximum atomic E-state index is 12.7. The van der Waals surface area contributed by atoms with Gasteiger partial charge in [0, 0.05) is 23.1 Å². The van der Waals surface area contributed by atoms with Crippen LogP contribution in [0.2, 0.25) is 0 Å². The van der Waals surface area contributed by atoms with Crippen molar-refractivity contribution in [1.82, 2.24) is 4.90 Å². The van der Waals surface area contributed by atoms with Crippen molar-refractivity contribution < 1.29 is 17.6 Å². The monoisotopic (exact) mass is 398 g/mol. The van der Waals surface area contributed by atoms with Crippen LogP contribution in [0.15, 0.2) is 50.6 Å². The second kappa shape index (κ2) is 6.10. The molecule has 1 amide bonds. The van der Waals surface area contributed by atoms with E-state index in [1.54, 1.807) is 4.90 Å². The van der Waals surface area contributed by atoms with Gasteiger partial charge >= 0.3 is 0 Å². The van der Waals surface area contributed by atoms with Crippen LogP contribution in [0.1, 0.15) is 28.8 Å². The van der Waals surface area contributed by atoms with Gasteiger partial charge < -0.3 is 9.32 Å². The summed E-state index contributed by atoms with van der Waals surface area (Å²) in [6.45, 7) is 0.457. The zero-order valence-electron chi connectivity index (χ0n) is 12.1. The fraction of sp³-hybridized carbons (Fsp3) is 0.267.